The second kappa shape index (κ2) is 2.68. The minimum Gasteiger partial charge on any atom is -0.239 e. The fourth-order valence-electron chi connectivity index (χ4n) is 0.854. The third kappa shape index (κ3) is 1.29. The predicted molar refractivity (Wildman–Crippen MR) is 32.5 cm³/mol. The Bertz CT molecular complexity index is 229. The van der Waals surface area contributed by atoms with Gasteiger partial charge in [0.2, 0.25) is 0 Å². The van der Waals surface area contributed by atoms with Crippen molar-refractivity contribution in [2.45, 2.75) is 13.1 Å². The van der Waals surface area contributed by atoms with Gasteiger partial charge in [-0.3, -0.25) is 0 Å². The van der Waals surface area contributed by atoms with E-state index in [0.29, 0.717) is 0 Å². The molecule has 0 aliphatic heterocycles. The van der Waals surface area contributed by atoms with E-state index < -0.39 is 29.6 Å². The molecule has 1 aliphatic carbocycles. The van der Waals surface area contributed by atoms with Crippen molar-refractivity contribution in [3.05, 3.63) is 23.6 Å². The molecule has 0 spiro atoms. The summed E-state index contributed by atoms with van der Waals surface area (Å²) in [5.74, 6) is -5.14. The van der Waals surface area contributed by atoms with Crippen LogP contribution in [0.4, 0.5) is 17.6 Å². The summed E-state index contributed by atoms with van der Waals surface area (Å²) in [7, 11) is 0. The summed E-state index contributed by atoms with van der Waals surface area (Å²) in [6.07, 6.45) is -1.81. The van der Waals surface area contributed by atoms with Crippen molar-refractivity contribution < 1.29 is 17.6 Å². The Morgan fingerprint density at radius 3 is 2.36 bits per heavy atom. The van der Waals surface area contributed by atoms with Gasteiger partial charge in [0.1, 0.15) is 11.7 Å². The first-order valence-electron chi connectivity index (χ1n) is 3.10. The Hall–Kier alpha value is -0.800. The summed E-state index contributed by atoms with van der Waals surface area (Å²) in [5, 5.41) is 0. The summed E-state index contributed by atoms with van der Waals surface area (Å²) in [6.45, 7) is 1.09. The van der Waals surface area contributed by atoms with Gasteiger partial charge in [-0.25, -0.2) is 17.6 Å². The van der Waals surface area contributed by atoms with Gasteiger partial charge in [0, 0.05) is 12.0 Å². The summed E-state index contributed by atoms with van der Waals surface area (Å²) in [4.78, 5) is 0. The predicted octanol–water partition coefficient (Wildman–Crippen LogP) is 2.98. The van der Waals surface area contributed by atoms with E-state index in [1.165, 1.54) is 0 Å². The molecule has 0 saturated heterocycles. The molecular formula is C7H6F4. The number of hydrogen-bond acceptors (Lipinski definition) is 0. The van der Waals surface area contributed by atoms with Gasteiger partial charge in [-0.1, -0.05) is 6.92 Å². The van der Waals surface area contributed by atoms with Crippen LogP contribution in [0, 0.1) is 5.92 Å². The molecule has 1 aliphatic rings. The molecule has 4 heteroatoms. The highest BCUT2D eigenvalue weighted by molar-refractivity contribution is 5.27. The van der Waals surface area contributed by atoms with Crippen molar-refractivity contribution >= 4 is 0 Å². The molecule has 0 aromatic heterocycles. The van der Waals surface area contributed by atoms with Crippen LogP contribution in [0.3, 0.4) is 0 Å². The zero-order valence-corrected chi connectivity index (χ0v) is 5.74. The van der Waals surface area contributed by atoms with E-state index in [1.807, 2.05) is 0 Å². The normalized spacial score (nSPS) is 32.3. The van der Waals surface area contributed by atoms with Crippen LogP contribution in [-0.2, 0) is 0 Å². The Kier molecular flexibility index (Phi) is 2.02. The summed E-state index contributed by atoms with van der Waals surface area (Å²) < 4.78 is 49.5. The van der Waals surface area contributed by atoms with E-state index in [4.69, 9.17) is 0 Å². The van der Waals surface area contributed by atoms with Crippen LogP contribution in [0.5, 0.6) is 0 Å². The first kappa shape index (κ1) is 8.30. The van der Waals surface area contributed by atoms with E-state index in [1.54, 1.807) is 0 Å². The highest BCUT2D eigenvalue weighted by Crippen LogP contribution is 2.33. The monoisotopic (exact) mass is 166 g/mol. The smallest absolute Gasteiger partial charge is 0.160 e. The van der Waals surface area contributed by atoms with Gasteiger partial charge >= 0.3 is 0 Å². The Labute approximate surface area is 61.2 Å². The highest BCUT2D eigenvalue weighted by atomic mass is 19.2. The zero-order chi connectivity index (χ0) is 8.59. The molecule has 0 radical (unpaired) electrons. The van der Waals surface area contributed by atoms with Gasteiger partial charge in [0.15, 0.2) is 12.0 Å². The molecule has 0 N–H and O–H groups in total. The Balaban J connectivity index is 3.01. The van der Waals surface area contributed by atoms with Crippen LogP contribution in [0.15, 0.2) is 23.6 Å². The lowest BCUT2D eigenvalue weighted by atomic mass is 9.98. The lowest BCUT2D eigenvalue weighted by Gasteiger charge is -2.17. The average Bonchev–Trinajstić information content (AvgIpc) is 1.97. The molecule has 0 aromatic rings. The van der Waals surface area contributed by atoms with Gasteiger partial charge < -0.3 is 0 Å². The fourth-order valence-corrected chi connectivity index (χ4v) is 0.854. The molecule has 2 atom stereocenters. The molecule has 0 fully saturated rings. The second-order valence-corrected chi connectivity index (χ2v) is 2.42. The molecule has 0 bridgehead atoms. The number of halogens is 4. The standard InChI is InChI=1S/C7H6F4/c1-3-6(10)4(8)2-5(9)7(3)11/h2-3,6H,1H3/t3-,6-/m1/s1. The molecule has 11 heavy (non-hydrogen) atoms. The average molecular weight is 166 g/mol. The van der Waals surface area contributed by atoms with Gasteiger partial charge in [-0.05, 0) is 0 Å². The van der Waals surface area contributed by atoms with Crippen molar-refractivity contribution in [1.82, 2.24) is 0 Å². The van der Waals surface area contributed by atoms with Crippen molar-refractivity contribution in [2.75, 3.05) is 0 Å². The second-order valence-electron chi connectivity index (χ2n) is 2.42. The molecular weight excluding hydrogens is 160 g/mol. The lowest BCUT2D eigenvalue weighted by Crippen LogP contribution is -2.18. The molecule has 62 valence electrons. The fraction of sp³-hybridized carbons (Fsp3) is 0.429. The lowest BCUT2D eigenvalue weighted by molar-refractivity contribution is 0.231. The van der Waals surface area contributed by atoms with E-state index >= 15 is 0 Å². The van der Waals surface area contributed by atoms with Crippen LogP contribution in [0.1, 0.15) is 6.92 Å². The van der Waals surface area contributed by atoms with Crippen LogP contribution < -0.4 is 0 Å². The third-order valence-corrected chi connectivity index (χ3v) is 1.59. The van der Waals surface area contributed by atoms with Gasteiger partial charge in [0.25, 0.3) is 0 Å². The molecule has 0 nitrogen and oxygen atoms in total. The molecule has 0 aromatic carbocycles. The molecule has 0 amide bonds. The number of alkyl halides is 1. The van der Waals surface area contributed by atoms with Crippen LogP contribution in [0.25, 0.3) is 0 Å². The summed E-state index contributed by atoms with van der Waals surface area (Å²) in [6, 6.07) is 0. The van der Waals surface area contributed by atoms with Crippen LogP contribution >= 0.6 is 0 Å². The van der Waals surface area contributed by atoms with E-state index in [-0.39, 0.29) is 6.08 Å². The van der Waals surface area contributed by atoms with E-state index in [9.17, 15) is 17.6 Å². The van der Waals surface area contributed by atoms with Crippen molar-refractivity contribution in [2.24, 2.45) is 5.92 Å². The highest BCUT2D eigenvalue weighted by Gasteiger charge is 2.31. The van der Waals surface area contributed by atoms with Crippen molar-refractivity contribution in [1.29, 1.82) is 0 Å². The topological polar surface area (TPSA) is 0 Å². The first-order chi connectivity index (χ1) is 5.04. The molecule has 0 heterocycles. The quantitative estimate of drug-likeness (QED) is 0.485. The van der Waals surface area contributed by atoms with Crippen LogP contribution in [-0.4, -0.2) is 6.17 Å². The van der Waals surface area contributed by atoms with Gasteiger partial charge in [0.05, 0.1) is 0 Å². The van der Waals surface area contributed by atoms with Crippen molar-refractivity contribution in [3.8, 4) is 0 Å². The Morgan fingerprint density at radius 1 is 1.27 bits per heavy atom. The zero-order valence-electron chi connectivity index (χ0n) is 5.74. The molecule has 0 saturated carbocycles. The maximum absolute atomic E-state index is 12.5. The third-order valence-electron chi connectivity index (χ3n) is 1.59. The van der Waals surface area contributed by atoms with Gasteiger partial charge in [-0.2, -0.15) is 0 Å². The molecule has 1 rings (SSSR count). The van der Waals surface area contributed by atoms with Crippen LogP contribution in [0.2, 0.25) is 0 Å². The Morgan fingerprint density at radius 2 is 1.82 bits per heavy atom. The maximum atomic E-state index is 12.5. The largest absolute Gasteiger partial charge is 0.239 e. The minimum atomic E-state index is -2.05. The number of allylic oxidation sites excluding steroid dienone is 4. The molecule has 0 unspecified atom stereocenters. The minimum absolute atomic E-state index is 0.236. The SMILES string of the molecule is C[C@H]1C(F)=C(F)C=C(F)[C@@H]1F. The summed E-state index contributed by atoms with van der Waals surface area (Å²) in [5.41, 5.74) is 0. The number of rotatable bonds is 0. The van der Waals surface area contributed by atoms with Gasteiger partial charge in [-0.15, -0.1) is 0 Å². The van der Waals surface area contributed by atoms with E-state index in [2.05, 4.69) is 0 Å². The van der Waals surface area contributed by atoms with E-state index in [0.717, 1.165) is 6.92 Å². The summed E-state index contributed by atoms with van der Waals surface area (Å²) >= 11 is 0. The first-order valence-corrected chi connectivity index (χ1v) is 3.10. The maximum Gasteiger partial charge on any atom is 0.160 e. The van der Waals surface area contributed by atoms with Crippen molar-refractivity contribution in [3.63, 3.8) is 0 Å². The number of hydrogen-bond donors (Lipinski definition) is 0.